The molecule has 1 aromatic carbocycles. The summed E-state index contributed by atoms with van der Waals surface area (Å²) in [7, 11) is -3.33. The van der Waals surface area contributed by atoms with Crippen LogP contribution in [0.3, 0.4) is 0 Å². The van der Waals surface area contributed by atoms with Crippen molar-refractivity contribution < 1.29 is 21.9 Å². The third-order valence-electron chi connectivity index (χ3n) is 6.13. The Morgan fingerprint density at radius 2 is 1.90 bits per heavy atom. The molecule has 3 atom stereocenters. The number of sulfonamides is 1. The molecule has 6 nitrogen and oxygen atoms in total. The van der Waals surface area contributed by atoms with Crippen LogP contribution >= 0.6 is 0 Å². The number of ether oxygens (including phenoxy) is 1. The van der Waals surface area contributed by atoms with Gasteiger partial charge >= 0.3 is 0 Å². The van der Waals surface area contributed by atoms with Crippen molar-refractivity contribution >= 4 is 10.0 Å². The Bertz CT molecular complexity index is 935. The first-order valence-electron chi connectivity index (χ1n) is 10.0. The zero-order valence-corrected chi connectivity index (χ0v) is 17.5. The molecule has 0 aromatic heterocycles. The van der Waals surface area contributed by atoms with Crippen LogP contribution in [0.25, 0.3) is 0 Å². The average molecular weight is 428 g/mol. The van der Waals surface area contributed by atoms with E-state index in [0.717, 1.165) is 29.6 Å². The maximum Gasteiger partial charge on any atom is 0.237 e. The van der Waals surface area contributed by atoms with Gasteiger partial charge in [0.05, 0.1) is 17.9 Å². The smallest absolute Gasteiger partial charge is 0.237 e. The van der Waals surface area contributed by atoms with Gasteiger partial charge in [0.2, 0.25) is 10.0 Å². The molecule has 29 heavy (non-hydrogen) atoms. The van der Waals surface area contributed by atoms with E-state index in [1.165, 1.54) is 0 Å². The minimum atomic E-state index is -3.33. The van der Waals surface area contributed by atoms with Gasteiger partial charge in [0.1, 0.15) is 17.7 Å². The maximum atomic E-state index is 14.1. The van der Waals surface area contributed by atoms with Gasteiger partial charge in [0.15, 0.2) is 0 Å². The lowest BCUT2D eigenvalue weighted by Crippen LogP contribution is -2.48. The number of hydrogen-bond donors (Lipinski definition) is 1. The number of rotatable bonds is 4. The normalized spacial score (nSPS) is 27.9. The minimum absolute atomic E-state index is 0.00734. The van der Waals surface area contributed by atoms with E-state index in [4.69, 9.17) is 10.5 Å². The standard InChI is InChI=1S/C20H27F2N3O3S/c1-12(2)29(26,27)25-8-6-18-19(25)5-7-24(18)14-10-17(23)20(28-11-14)15-9-13(21)3-4-16(15)22/h3-4,9,12,14,17,20H,5-8,10-11,23H2,1-2H3/t14-,17+,20-/m1/s1. The number of benzene rings is 1. The summed E-state index contributed by atoms with van der Waals surface area (Å²) in [6.07, 6.45) is 1.22. The van der Waals surface area contributed by atoms with Crippen molar-refractivity contribution in [1.82, 2.24) is 9.21 Å². The summed E-state index contributed by atoms with van der Waals surface area (Å²) in [5.41, 5.74) is 8.37. The fraction of sp³-hybridized carbons (Fsp3) is 0.600. The Kier molecular flexibility index (Phi) is 5.33. The van der Waals surface area contributed by atoms with Crippen LogP contribution < -0.4 is 5.73 Å². The minimum Gasteiger partial charge on any atom is -0.370 e. The fourth-order valence-electron chi connectivity index (χ4n) is 4.62. The molecule has 9 heteroatoms. The third kappa shape index (κ3) is 3.53. The quantitative estimate of drug-likeness (QED) is 0.799. The molecule has 0 amide bonds. The summed E-state index contributed by atoms with van der Waals surface area (Å²) >= 11 is 0. The predicted molar refractivity (Wildman–Crippen MR) is 105 cm³/mol. The second-order valence-corrected chi connectivity index (χ2v) is 10.6. The summed E-state index contributed by atoms with van der Waals surface area (Å²) in [6.45, 7) is 4.91. The molecule has 1 saturated heterocycles. The van der Waals surface area contributed by atoms with Crippen LogP contribution in [0.15, 0.2) is 29.6 Å². The average Bonchev–Trinajstić information content (AvgIpc) is 3.25. The molecule has 4 rings (SSSR count). The zero-order chi connectivity index (χ0) is 20.9. The van der Waals surface area contributed by atoms with Gasteiger partial charge in [-0.25, -0.2) is 17.2 Å². The van der Waals surface area contributed by atoms with Crippen molar-refractivity contribution in [2.45, 2.75) is 56.5 Å². The highest BCUT2D eigenvalue weighted by atomic mass is 32.2. The summed E-state index contributed by atoms with van der Waals surface area (Å²) in [4.78, 5) is 2.20. The van der Waals surface area contributed by atoms with Crippen LogP contribution in [0.5, 0.6) is 0 Å². The molecular formula is C20H27F2N3O3S. The van der Waals surface area contributed by atoms with Crippen LogP contribution in [0.2, 0.25) is 0 Å². The SMILES string of the molecule is CC(C)S(=O)(=O)N1CCC2=C1CCN2[C@H]1CO[C@H](c2cc(F)ccc2F)[C@@H](N)C1. The Hall–Kier alpha value is -1.71. The van der Waals surface area contributed by atoms with Crippen molar-refractivity contribution in [3.05, 3.63) is 46.8 Å². The molecule has 3 aliphatic heterocycles. The lowest BCUT2D eigenvalue weighted by atomic mass is 9.93. The monoisotopic (exact) mass is 427 g/mol. The lowest BCUT2D eigenvalue weighted by molar-refractivity contribution is -0.0432. The third-order valence-corrected chi connectivity index (χ3v) is 8.34. The Balaban J connectivity index is 1.50. The van der Waals surface area contributed by atoms with Crippen molar-refractivity contribution in [1.29, 1.82) is 0 Å². The van der Waals surface area contributed by atoms with Crippen LogP contribution in [0, 0.1) is 11.6 Å². The van der Waals surface area contributed by atoms with Gasteiger partial charge in [-0.3, -0.25) is 4.31 Å². The van der Waals surface area contributed by atoms with Crippen molar-refractivity contribution in [3.8, 4) is 0 Å². The Labute approximate surface area is 170 Å². The van der Waals surface area contributed by atoms with E-state index < -0.39 is 39.1 Å². The highest BCUT2D eigenvalue weighted by molar-refractivity contribution is 7.89. The number of nitrogens with zero attached hydrogens (tertiary/aromatic N) is 2. The first kappa shape index (κ1) is 20.6. The second-order valence-electron chi connectivity index (χ2n) is 8.23. The molecule has 0 unspecified atom stereocenters. The van der Waals surface area contributed by atoms with Crippen LogP contribution in [-0.2, 0) is 14.8 Å². The summed E-state index contributed by atoms with van der Waals surface area (Å²) < 4.78 is 60.4. The van der Waals surface area contributed by atoms with E-state index in [2.05, 4.69) is 4.90 Å². The number of nitrogens with two attached hydrogens (primary N) is 1. The van der Waals surface area contributed by atoms with E-state index in [1.54, 1.807) is 18.2 Å². The van der Waals surface area contributed by atoms with E-state index in [1.807, 2.05) is 0 Å². The van der Waals surface area contributed by atoms with Crippen molar-refractivity contribution in [3.63, 3.8) is 0 Å². The molecule has 160 valence electrons. The van der Waals surface area contributed by atoms with Gasteiger partial charge in [0, 0.05) is 48.9 Å². The summed E-state index contributed by atoms with van der Waals surface area (Å²) in [5, 5.41) is -0.461. The molecule has 2 N–H and O–H groups in total. The number of halogens is 2. The summed E-state index contributed by atoms with van der Waals surface area (Å²) in [5.74, 6) is -1.05. The number of hydrogen-bond acceptors (Lipinski definition) is 5. The van der Waals surface area contributed by atoms with Crippen LogP contribution in [0.1, 0.15) is 44.8 Å². The first-order valence-corrected chi connectivity index (χ1v) is 11.5. The zero-order valence-electron chi connectivity index (χ0n) is 16.6. The van der Waals surface area contributed by atoms with E-state index >= 15 is 0 Å². The highest BCUT2D eigenvalue weighted by Gasteiger charge is 2.42. The van der Waals surface area contributed by atoms with E-state index in [9.17, 15) is 17.2 Å². The predicted octanol–water partition coefficient (Wildman–Crippen LogP) is 2.48. The molecular weight excluding hydrogens is 400 g/mol. The lowest BCUT2D eigenvalue weighted by Gasteiger charge is -2.40. The molecule has 3 heterocycles. The van der Waals surface area contributed by atoms with Gasteiger partial charge in [-0.2, -0.15) is 0 Å². The van der Waals surface area contributed by atoms with Crippen molar-refractivity contribution in [2.75, 3.05) is 19.7 Å². The van der Waals surface area contributed by atoms with Gasteiger partial charge in [-0.1, -0.05) is 0 Å². The van der Waals surface area contributed by atoms with E-state index in [0.29, 0.717) is 39.0 Å². The molecule has 0 spiro atoms. The molecule has 0 saturated carbocycles. The molecule has 0 radical (unpaired) electrons. The molecule has 1 fully saturated rings. The topological polar surface area (TPSA) is 75.9 Å². The van der Waals surface area contributed by atoms with Crippen LogP contribution in [0.4, 0.5) is 8.78 Å². The molecule has 1 aromatic rings. The Morgan fingerprint density at radius 3 is 2.59 bits per heavy atom. The molecule has 0 bridgehead atoms. The molecule has 3 aliphatic rings. The van der Waals surface area contributed by atoms with Crippen LogP contribution in [-0.4, -0.2) is 54.7 Å². The largest absolute Gasteiger partial charge is 0.370 e. The highest BCUT2D eigenvalue weighted by Crippen LogP contribution is 2.40. The molecule has 0 aliphatic carbocycles. The van der Waals surface area contributed by atoms with Gasteiger partial charge < -0.3 is 15.4 Å². The maximum absolute atomic E-state index is 14.1. The second kappa shape index (κ2) is 7.52. The first-order chi connectivity index (χ1) is 13.7. The van der Waals surface area contributed by atoms with E-state index in [-0.39, 0.29) is 11.6 Å². The van der Waals surface area contributed by atoms with Gasteiger partial charge in [0.25, 0.3) is 0 Å². The van der Waals surface area contributed by atoms with Crippen molar-refractivity contribution in [2.24, 2.45) is 5.73 Å². The van der Waals surface area contributed by atoms with Gasteiger partial charge in [-0.15, -0.1) is 0 Å². The fourth-order valence-corrected chi connectivity index (χ4v) is 5.98. The summed E-state index contributed by atoms with van der Waals surface area (Å²) in [6, 6.07) is 2.82. The van der Waals surface area contributed by atoms with Gasteiger partial charge in [-0.05, 0) is 38.5 Å². The Morgan fingerprint density at radius 1 is 1.17 bits per heavy atom.